The van der Waals surface area contributed by atoms with Crippen molar-refractivity contribution in [2.24, 2.45) is 0 Å². The minimum absolute atomic E-state index is 0.0827. The minimum atomic E-state index is -0.0827. The lowest BCUT2D eigenvalue weighted by molar-refractivity contribution is 0.135. The number of piperazine rings is 1. The second kappa shape index (κ2) is 7.03. The largest absolute Gasteiger partial charge is 0.338 e. The molecule has 2 aromatic rings. The Morgan fingerprint density at radius 3 is 2.62 bits per heavy atom. The first-order chi connectivity index (χ1) is 11.5. The predicted molar refractivity (Wildman–Crippen MR) is 94.8 cm³/mol. The van der Waals surface area contributed by atoms with Gasteiger partial charge in [-0.2, -0.15) is 4.98 Å². The molecule has 0 aliphatic carbocycles. The third kappa shape index (κ3) is 3.84. The van der Waals surface area contributed by atoms with E-state index in [9.17, 15) is 0 Å². The van der Waals surface area contributed by atoms with Gasteiger partial charge >= 0.3 is 0 Å². The number of nitrogens with one attached hydrogen (secondary N) is 1. The molecule has 0 spiro atoms. The third-order valence-corrected chi connectivity index (χ3v) is 4.60. The van der Waals surface area contributed by atoms with Crippen LogP contribution in [0.3, 0.4) is 0 Å². The summed E-state index contributed by atoms with van der Waals surface area (Å²) in [6, 6.07) is 9.30. The zero-order chi connectivity index (χ0) is 17.2. The van der Waals surface area contributed by atoms with Crippen molar-refractivity contribution in [1.82, 2.24) is 20.4 Å². The van der Waals surface area contributed by atoms with E-state index in [0.29, 0.717) is 18.5 Å². The first-order valence-corrected chi connectivity index (χ1v) is 8.84. The average Bonchev–Trinajstić information content (AvgIpc) is 3.04. The van der Waals surface area contributed by atoms with Crippen molar-refractivity contribution >= 4 is 0 Å². The van der Waals surface area contributed by atoms with Gasteiger partial charge in [-0.3, -0.25) is 4.90 Å². The summed E-state index contributed by atoms with van der Waals surface area (Å²) in [4.78, 5) is 7.02. The van der Waals surface area contributed by atoms with E-state index in [1.54, 1.807) is 0 Å². The maximum Gasteiger partial charge on any atom is 0.240 e. The van der Waals surface area contributed by atoms with E-state index in [1.165, 1.54) is 11.1 Å². The van der Waals surface area contributed by atoms with E-state index >= 15 is 0 Å². The fourth-order valence-corrected chi connectivity index (χ4v) is 3.04. The highest BCUT2D eigenvalue weighted by molar-refractivity contribution is 5.26. The Hall–Kier alpha value is -1.72. The van der Waals surface area contributed by atoms with Gasteiger partial charge < -0.3 is 9.84 Å². The van der Waals surface area contributed by atoms with Crippen molar-refractivity contribution < 1.29 is 4.52 Å². The molecule has 24 heavy (non-hydrogen) atoms. The summed E-state index contributed by atoms with van der Waals surface area (Å²) < 4.78 is 5.49. The Kier molecular flexibility index (Phi) is 5.01. The molecule has 0 amide bonds. The van der Waals surface area contributed by atoms with E-state index in [-0.39, 0.29) is 5.41 Å². The van der Waals surface area contributed by atoms with Gasteiger partial charge in [0.25, 0.3) is 0 Å². The first kappa shape index (κ1) is 17.1. The second-order valence-corrected chi connectivity index (χ2v) is 7.55. The van der Waals surface area contributed by atoms with Crippen LogP contribution >= 0.6 is 0 Å². The molecule has 1 unspecified atom stereocenters. The molecule has 0 saturated carbocycles. The van der Waals surface area contributed by atoms with Crippen LogP contribution in [0.15, 0.2) is 28.8 Å². The molecule has 1 aromatic heterocycles. The maximum absolute atomic E-state index is 5.49. The number of aromatic nitrogens is 2. The Bertz CT molecular complexity index is 657. The molecule has 1 aliphatic heterocycles. The summed E-state index contributed by atoms with van der Waals surface area (Å²) in [6.45, 7) is 12.1. The first-order valence-electron chi connectivity index (χ1n) is 8.84. The van der Waals surface area contributed by atoms with Crippen molar-refractivity contribution in [3.05, 3.63) is 47.1 Å². The summed E-state index contributed by atoms with van der Waals surface area (Å²) >= 11 is 0. The lowest BCUT2D eigenvalue weighted by Crippen LogP contribution is -2.45. The average molecular weight is 328 g/mol. The SMILES string of the molecule is CCc1ccc(C2CNCCN2Cc2nc(C(C)(C)C)no2)cc1. The highest BCUT2D eigenvalue weighted by Crippen LogP contribution is 2.25. The van der Waals surface area contributed by atoms with E-state index in [4.69, 9.17) is 4.52 Å². The number of hydrogen-bond donors (Lipinski definition) is 1. The normalized spacial score (nSPS) is 19.6. The quantitative estimate of drug-likeness (QED) is 0.935. The van der Waals surface area contributed by atoms with E-state index < -0.39 is 0 Å². The zero-order valence-electron chi connectivity index (χ0n) is 15.2. The van der Waals surface area contributed by atoms with Gasteiger partial charge in [0.15, 0.2) is 5.82 Å². The fraction of sp³-hybridized carbons (Fsp3) is 0.579. The Labute approximate surface area is 144 Å². The van der Waals surface area contributed by atoms with Crippen molar-refractivity contribution in [2.75, 3.05) is 19.6 Å². The number of benzene rings is 1. The molecule has 0 radical (unpaired) electrons. The van der Waals surface area contributed by atoms with Crippen LogP contribution in [0.4, 0.5) is 0 Å². The molecule has 130 valence electrons. The molecule has 1 aromatic carbocycles. The molecule has 3 rings (SSSR count). The van der Waals surface area contributed by atoms with E-state index in [2.05, 4.69) is 72.3 Å². The molecule has 1 aliphatic rings. The summed E-state index contributed by atoms with van der Waals surface area (Å²) in [5.74, 6) is 1.48. The van der Waals surface area contributed by atoms with Crippen LogP contribution in [0.2, 0.25) is 0 Å². The van der Waals surface area contributed by atoms with Crippen molar-refractivity contribution in [3.8, 4) is 0 Å². The van der Waals surface area contributed by atoms with Gasteiger partial charge in [-0.25, -0.2) is 0 Å². The molecule has 5 heteroatoms. The number of hydrogen-bond acceptors (Lipinski definition) is 5. The van der Waals surface area contributed by atoms with Gasteiger partial charge in [0.05, 0.1) is 6.54 Å². The standard InChI is InChI=1S/C19H28N4O/c1-5-14-6-8-15(9-7-14)16-12-20-10-11-23(16)13-17-21-18(22-24-17)19(2,3)4/h6-9,16,20H,5,10-13H2,1-4H3. The van der Waals surface area contributed by atoms with Crippen molar-refractivity contribution in [1.29, 1.82) is 0 Å². The molecule has 1 fully saturated rings. The topological polar surface area (TPSA) is 54.2 Å². The maximum atomic E-state index is 5.49. The van der Waals surface area contributed by atoms with Crippen LogP contribution < -0.4 is 5.32 Å². The Balaban J connectivity index is 1.75. The second-order valence-electron chi connectivity index (χ2n) is 7.55. The van der Waals surface area contributed by atoms with E-state index in [1.807, 2.05) is 0 Å². The lowest BCUT2D eigenvalue weighted by atomic mass is 9.96. The lowest BCUT2D eigenvalue weighted by Gasteiger charge is -2.35. The summed E-state index contributed by atoms with van der Waals surface area (Å²) in [7, 11) is 0. The Morgan fingerprint density at radius 2 is 2.00 bits per heavy atom. The zero-order valence-corrected chi connectivity index (χ0v) is 15.2. The molecular formula is C19H28N4O. The van der Waals surface area contributed by atoms with Crippen LogP contribution in [0, 0.1) is 0 Å². The van der Waals surface area contributed by atoms with E-state index in [0.717, 1.165) is 31.9 Å². The molecule has 1 saturated heterocycles. The van der Waals surface area contributed by atoms with Gasteiger partial charge in [0, 0.05) is 31.1 Å². The van der Waals surface area contributed by atoms with Crippen molar-refractivity contribution in [2.45, 2.75) is 52.1 Å². The van der Waals surface area contributed by atoms with Gasteiger partial charge in [0.2, 0.25) is 5.89 Å². The predicted octanol–water partition coefficient (Wildman–Crippen LogP) is 3.08. The van der Waals surface area contributed by atoms with Gasteiger partial charge in [-0.1, -0.05) is 57.1 Å². The van der Waals surface area contributed by atoms with Gasteiger partial charge in [-0.15, -0.1) is 0 Å². The Morgan fingerprint density at radius 1 is 1.25 bits per heavy atom. The van der Waals surface area contributed by atoms with Crippen LogP contribution in [0.1, 0.15) is 56.6 Å². The molecule has 1 N–H and O–H groups in total. The van der Waals surface area contributed by atoms with Crippen LogP contribution in [0.5, 0.6) is 0 Å². The molecule has 2 heterocycles. The molecule has 1 atom stereocenters. The molecular weight excluding hydrogens is 300 g/mol. The summed E-state index contributed by atoms with van der Waals surface area (Å²) in [6.07, 6.45) is 1.07. The number of aryl methyl sites for hydroxylation is 1. The monoisotopic (exact) mass is 328 g/mol. The minimum Gasteiger partial charge on any atom is -0.338 e. The molecule has 0 bridgehead atoms. The summed E-state index contributed by atoms with van der Waals surface area (Å²) in [5.41, 5.74) is 2.64. The summed E-state index contributed by atoms with van der Waals surface area (Å²) in [5, 5.41) is 7.64. The van der Waals surface area contributed by atoms with Gasteiger partial charge in [-0.05, 0) is 17.5 Å². The fourth-order valence-electron chi connectivity index (χ4n) is 3.04. The molecule has 5 nitrogen and oxygen atoms in total. The number of rotatable bonds is 4. The highest BCUT2D eigenvalue weighted by Gasteiger charge is 2.27. The van der Waals surface area contributed by atoms with Gasteiger partial charge in [0.1, 0.15) is 0 Å². The van der Waals surface area contributed by atoms with Crippen molar-refractivity contribution in [3.63, 3.8) is 0 Å². The highest BCUT2D eigenvalue weighted by atomic mass is 16.5. The number of nitrogens with zero attached hydrogens (tertiary/aromatic N) is 3. The van der Waals surface area contributed by atoms with Crippen LogP contribution in [0.25, 0.3) is 0 Å². The smallest absolute Gasteiger partial charge is 0.240 e. The third-order valence-electron chi connectivity index (χ3n) is 4.60. The van der Waals surface area contributed by atoms with Crippen LogP contribution in [-0.2, 0) is 18.4 Å². The van der Waals surface area contributed by atoms with Crippen LogP contribution in [-0.4, -0.2) is 34.7 Å².